The monoisotopic (exact) mass is 274 g/mol. The quantitative estimate of drug-likeness (QED) is 0.858. The van der Waals surface area contributed by atoms with Crippen molar-refractivity contribution in [2.75, 3.05) is 18.0 Å². The minimum absolute atomic E-state index is 0.0557. The molecule has 4 nitrogen and oxygen atoms in total. The van der Waals surface area contributed by atoms with Gasteiger partial charge in [0.25, 0.3) is 0 Å². The fourth-order valence-electron chi connectivity index (χ4n) is 2.95. The molecule has 17 heavy (non-hydrogen) atoms. The van der Waals surface area contributed by atoms with E-state index in [1.807, 2.05) is 0 Å². The molecule has 3 rings (SSSR count). The molecule has 0 aromatic carbocycles. The number of anilines is 1. The zero-order valence-electron chi connectivity index (χ0n) is 9.34. The van der Waals surface area contributed by atoms with E-state index in [9.17, 15) is 5.11 Å². The summed E-state index contributed by atoms with van der Waals surface area (Å²) in [6.45, 7) is 1.76. The van der Waals surface area contributed by atoms with E-state index in [2.05, 4.69) is 9.88 Å². The zero-order valence-corrected chi connectivity index (χ0v) is 10.9. The molecule has 1 aliphatic carbocycles. The summed E-state index contributed by atoms with van der Waals surface area (Å²) in [5.41, 5.74) is 0. The number of fused-ring (bicyclic) bond motifs is 1. The Kier molecular flexibility index (Phi) is 3.02. The van der Waals surface area contributed by atoms with Gasteiger partial charge in [-0.05, 0) is 18.8 Å². The molecule has 0 radical (unpaired) electrons. The van der Waals surface area contributed by atoms with E-state index in [1.54, 1.807) is 0 Å². The molecule has 94 valence electrons. The van der Waals surface area contributed by atoms with Crippen LogP contribution in [0.15, 0.2) is 0 Å². The summed E-state index contributed by atoms with van der Waals surface area (Å²) < 4.78 is 0. The van der Waals surface area contributed by atoms with Crippen molar-refractivity contribution in [2.45, 2.75) is 25.6 Å². The number of hydrogen-bond acceptors (Lipinski definition) is 5. The standard InChI is InChI=1S/C11H15ClN2O2S/c12-10-9(5-15)17-11(13-10)14-3-6-1-2-8(16)7(6)4-14/h6-8,15-16H,1-5H2. The Morgan fingerprint density at radius 1 is 1.41 bits per heavy atom. The molecule has 0 amide bonds. The SMILES string of the molecule is OCc1sc(N2CC3CCC(O)C3C2)nc1Cl. The fourth-order valence-corrected chi connectivity index (χ4v) is 4.08. The first-order chi connectivity index (χ1) is 8.19. The average molecular weight is 275 g/mol. The summed E-state index contributed by atoms with van der Waals surface area (Å²) >= 11 is 7.38. The van der Waals surface area contributed by atoms with Gasteiger partial charge in [-0.25, -0.2) is 4.98 Å². The first kappa shape index (κ1) is 11.7. The normalized spacial score (nSPS) is 32.2. The highest BCUT2D eigenvalue weighted by Gasteiger charge is 2.42. The van der Waals surface area contributed by atoms with Crippen LogP contribution in [0.1, 0.15) is 17.7 Å². The molecule has 1 aromatic rings. The third-order valence-electron chi connectivity index (χ3n) is 3.87. The van der Waals surface area contributed by atoms with Gasteiger partial charge in [-0.1, -0.05) is 22.9 Å². The number of hydrogen-bond donors (Lipinski definition) is 2. The maximum absolute atomic E-state index is 9.86. The van der Waals surface area contributed by atoms with E-state index >= 15 is 0 Å². The molecule has 2 N–H and O–H groups in total. The lowest BCUT2D eigenvalue weighted by atomic mass is 10.00. The van der Waals surface area contributed by atoms with Gasteiger partial charge in [0.1, 0.15) is 5.15 Å². The Morgan fingerprint density at radius 2 is 2.24 bits per heavy atom. The average Bonchev–Trinajstić information content (AvgIpc) is 2.95. The molecule has 2 fully saturated rings. The van der Waals surface area contributed by atoms with Crippen molar-refractivity contribution in [2.24, 2.45) is 11.8 Å². The molecule has 1 aromatic heterocycles. The fraction of sp³-hybridized carbons (Fsp3) is 0.727. The van der Waals surface area contributed by atoms with Crippen LogP contribution < -0.4 is 4.90 Å². The Balaban J connectivity index is 1.78. The van der Waals surface area contributed by atoms with Gasteiger partial charge in [0.2, 0.25) is 0 Å². The molecular formula is C11H15ClN2O2S. The largest absolute Gasteiger partial charge is 0.393 e. The molecule has 0 spiro atoms. The molecule has 0 bridgehead atoms. The number of nitrogens with zero attached hydrogens (tertiary/aromatic N) is 2. The van der Waals surface area contributed by atoms with Crippen LogP contribution in [-0.4, -0.2) is 34.4 Å². The first-order valence-electron chi connectivity index (χ1n) is 5.88. The minimum atomic E-state index is -0.155. The van der Waals surface area contributed by atoms with E-state index in [-0.39, 0.29) is 12.7 Å². The third kappa shape index (κ3) is 1.95. The van der Waals surface area contributed by atoms with Crippen LogP contribution in [-0.2, 0) is 6.61 Å². The molecule has 3 unspecified atom stereocenters. The first-order valence-corrected chi connectivity index (χ1v) is 7.07. The summed E-state index contributed by atoms with van der Waals surface area (Å²) in [6.07, 6.45) is 1.88. The van der Waals surface area contributed by atoms with Gasteiger partial charge >= 0.3 is 0 Å². The number of aromatic nitrogens is 1. The highest BCUT2D eigenvalue weighted by atomic mass is 35.5. The van der Waals surface area contributed by atoms with E-state index < -0.39 is 0 Å². The lowest BCUT2D eigenvalue weighted by Gasteiger charge is -2.16. The van der Waals surface area contributed by atoms with Crippen molar-refractivity contribution >= 4 is 28.1 Å². The highest BCUT2D eigenvalue weighted by Crippen LogP contribution is 2.41. The van der Waals surface area contributed by atoms with Crippen molar-refractivity contribution in [3.05, 3.63) is 10.0 Å². The molecule has 1 saturated carbocycles. The summed E-state index contributed by atoms with van der Waals surface area (Å²) in [4.78, 5) is 7.19. The second-order valence-electron chi connectivity index (χ2n) is 4.84. The van der Waals surface area contributed by atoms with E-state index in [0.29, 0.717) is 17.0 Å². The topological polar surface area (TPSA) is 56.6 Å². The van der Waals surface area contributed by atoms with E-state index in [1.165, 1.54) is 11.3 Å². The Hall–Kier alpha value is -0.360. The van der Waals surface area contributed by atoms with Crippen molar-refractivity contribution < 1.29 is 10.2 Å². The summed E-state index contributed by atoms with van der Waals surface area (Å²) in [7, 11) is 0. The molecule has 2 aliphatic rings. The van der Waals surface area contributed by atoms with Crippen LogP contribution in [0, 0.1) is 11.8 Å². The molecule has 3 atom stereocenters. The van der Waals surface area contributed by atoms with E-state index in [4.69, 9.17) is 16.7 Å². The van der Waals surface area contributed by atoms with Crippen molar-refractivity contribution in [1.29, 1.82) is 0 Å². The van der Waals surface area contributed by atoms with E-state index in [0.717, 1.165) is 35.9 Å². The number of rotatable bonds is 2. The number of aliphatic hydroxyl groups is 2. The van der Waals surface area contributed by atoms with Gasteiger partial charge in [0, 0.05) is 19.0 Å². The second-order valence-corrected chi connectivity index (χ2v) is 6.26. The Bertz CT molecular complexity index is 426. The lowest BCUT2D eigenvalue weighted by molar-refractivity contribution is 0.133. The zero-order chi connectivity index (χ0) is 12.0. The molecule has 1 saturated heterocycles. The van der Waals surface area contributed by atoms with Gasteiger partial charge in [-0.3, -0.25) is 0 Å². The molecule has 6 heteroatoms. The number of aliphatic hydroxyl groups excluding tert-OH is 2. The number of thiazole rings is 1. The Labute approximate surface area is 109 Å². The van der Waals surface area contributed by atoms with Crippen LogP contribution in [0.5, 0.6) is 0 Å². The van der Waals surface area contributed by atoms with Crippen molar-refractivity contribution in [1.82, 2.24) is 4.98 Å². The van der Waals surface area contributed by atoms with Gasteiger partial charge < -0.3 is 15.1 Å². The maximum atomic E-state index is 9.86. The Morgan fingerprint density at radius 3 is 2.88 bits per heavy atom. The maximum Gasteiger partial charge on any atom is 0.187 e. The summed E-state index contributed by atoms with van der Waals surface area (Å²) in [5.74, 6) is 0.973. The molecule has 1 aliphatic heterocycles. The summed E-state index contributed by atoms with van der Waals surface area (Å²) in [5, 5.41) is 20.2. The van der Waals surface area contributed by atoms with Crippen LogP contribution in [0.3, 0.4) is 0 Å². The van der Waals surface area contributed by atoms with Gasteiger partial charge in [0.15, 0.2) is 5.13 Å². The molecule has 2 heterocycles. The van der Waals surface area contributed by atoms with Gasteiger partial charge in [-0.15, -0.1) is 0 Å². The van der Waals surface area contributed by atoms with Gasteiger partial charge in [-0.2, -0.15) is 0 Å². The van der Waals surface area contributed by atoms with Crippen LogP contribution in [0.4, 0.5) is 5.13 Å². The van der Waals surface area contributed by atoms with Gasteiger partial charge in [0.05, 0.1) is 17.6 Å². The van der Waals surface area contributed by atoms with Crippen molar-refractivity contribution in [3.8, 4) is 0 Å². The van der Waals surface area contributed by atoms with Crippen LogP contribution >= 0.6 is 22.9 Å². The smallest absolute Gasteiger partial charge is 0.187 e. The van der Waals surface area contributed by atoms with Crippen molar-refractivity contribution in [3.63, 3.8) is 0 Å². The van der Waals surface area contributed by atoms with Crippen LogP contribution in [0.25, 0.3) is 0 Å². The number of halogens is 1. The predicted octanol–water partition coefficient (Wildman–Crippen LogP) is 1.50. The predicted molar refractivity (Wildman–Crippen MR) is 67.5 cm³/mol. The second kappa shape index (κ2) is 4.39. The summed E-state index contributed by atoms with van der Waals surface area (Å²) in [6, 6.07) is 0. The van der Waals surface area contributed by atoms with Crippen LogP contribution in [0.2, 0.25) is 5.15 Å². The minimum Gasteiger partial charge on any atom is -0.393 e. The third-order valence-corrected chi connectivity index (χ3v) is 5.40. The molecular weight excluding hydrogens is 260 g/mol. The highest BCUT2D eigenvalue weighted by molar-refractivity contribution is 7.16. The lowest BCUT2D eigenvalue weighted by Crippen LogP contribution is -2.24.